The van der Waals surface area contributed by atoms with Crippen LogP contribution in [0.5, 0.6) is 5.75 Å². The summed E-state index contributed by atoms with van der Waals surface area (Å²) in [6.45, 7) is 5.13. The van der Waals surface area contributed by atoms with Crippen molar-refractivity contribution in [3.63, 3.8) is 0 Å². The second kappa shape index (κ2) is 11.4. The van der Waals surface area contributed by atoms with Crippen LogP contribution in [-0.4, -0.2) is 6.61 Å². The molecule has 21 heavy (non-hydrogen) atoms. The molecule has 0 radical (unpaired) electrons. The summed E-state index contributed by atoms with van der Waals surface area (Å²) >= 11 is 9.50. The topological polar surface area (TPSA) is 9.23 Å². The molecule has 0 atom stereocenters. The van der Waals surface area contributed by atoms with Crippen molar-refractivity contribution < 1.29 is 4.74 Å². The van der Waals surface area contributed by atoms with E-state index in [9.17, 15) is 0 Å². The Balaban J connectivity index is 2.21. The maximum absolute atomic E-state index is 6.00. The molecule has 0 unspecified atom stereocenters. The Labute approximate surface area is 143 Å². The van der Waals surface area contributed by atoms with Crippen molar-refractivity contribution in [1.29, 1.82) is 0 Å². The number of unbranched alkanes of at least 4 members (excludes halogenated alkanes) is 7. The first-order valence-corrected chi connectivity index (χ1v) is 9.49. The van der Waals surface area contributed by atoms with E-state index in [4.69, 9.17) is 16.3 Å². The lowest BCUT2D eigenvalue weighted by molar-refractivity contribution is 0.300. The number of benzene rings is 1. The Morgan fingerprint density at radius 1 is 1.00 bits per heavy atom. The summed E-state index contributed by atoms with van der Waals surface area (Å²) in [7, 11) is 0. The Bertz CT molecular complexity index is 406. The first kappa shape index (κ1) is 18.8. The van der Waals surface area contributed by atoms with Crippen LogP contribution in [-0.2, 0) is 5.88 Å². The molecule has 0 N–H and O–H groups in total. The van der Waals surface area contributed by atoms with Gasteiger partial charge in [0.15, 0.2) is 0 Å². The third kappa shape index (κ3) is 7.56. The third-order valence-corrected chi connectivity index (χ3v) is 4.45. The van der Waals surface area contributed by atoms with Crippen LogP contribution in [0.25, 0.3) is 0 Å². The Kier molecular flexibility index (Phi) is 10.2. The maximum atomic E-state index is 6.00. The monoisotopic (exact) mass is 374 g/mol. The average molecular weight is 376 g/mol. The standard InChI is InChI=1S/C18H28BrClO/c1-3-4-5-6-7-8-9-10-11-21-18-15(2)12-17(19)13-16(18)14-20/h12-13H,3-11,14H2,1-2H3. The maximum Gasteiger partial charge on any atom is 0.126 e. The van der Waals surface area contributed by atoms with E-state index in [0.717, 1.165) is 34.4 Å². The Hall–Kier alpha value is -0.210. The van der Waals surface area contributed by atoms with E-state index in [1.807, 2.05) is 6.07 Å². The molecule has 0 fully saturated rings. The zero-order valence-corrected chi connectivity index (χ0v) is 15.7. The van der Waals surface area contributed by atoms with Crippen molar-refractivity contribution in [3.05, 3.63) is 27.7 Å². The first-order chi connectivity index (χ1) is 10.2. The predicted molar refractivity (Wildman–Crippen MR) is 96.5 cm³/mol. The highest BCUT2D eigenvalue weighted by Crippen LogP contribution is 2.29. The fourth-order valence-corrected chi connectivity index (χ4v) is 3.33. The second-order valence-electron chi connectivity index (χ2n) is 5.67. The van der Waals surface area contributed by atoms with Gasteiger partial charge in [-0.1, -0.05) is 67.8 Å². The van der Waals surface area contributed by atoms with Crippen LogP contribution < -0.4 is 4.74 Å². The van der Waals surface area contributed by atoms with Crippen molar-refractivity contribution in [2.24, 2.45) is 0 Å². The van der Waals surface area contributed by atoms with Gasteiger partial charge in [0.1, 0.15) is 5.75 Å². The van der Waals surface area contributed by atoms with Gasteiger partial charge in [-0.2, -0.15) is 0 Å². The lowest BCUT2D eigenvalue weighted by Gasteiger charge is -2.13. The Morgan fingerprint density at radius 2 is 1.62 bits per heavy atom. The zero-order chi connectivity index (χ0) is 15.5. The summed E-state index contributed by atoms with van der Waals surface area (Å²) < 4.78 is 7.02. The van der Waals surface area contributed by atoms with Gasteiger partial charge in [-0.05, 0) is 31.0 Å². The van der Waals surface area contributed by atoms with Gasteiger partial charge in [-0.25, -0.2) is 0 Å². The highest BCUT2D eigenvalue weighted by molar-refractivity contribution is 9.10. The molecule has 0 bridgehead atoms. The van der Waals surface area contributed by atoms with E-state index in [2.05, 4.69) is 35.8 Å². The molecule has 0 saturated heterocycles. The molecule has 0 saturated carbocycles. The molecule has 0 aliphatic rings. The van der Waals surface area contributed by atoms with E-state index < -0.39 is 0 Å². The number of halogens is 2. The van der Waals surface area contributed by atoms with Crippen LogP contribution in [0.1, 0.15) is 69.4 Å². The fourth-order valence-electron chi connectivity index (χ4n) is 2.52. The summed E-state index contributed by atoms with van der Waals surface area (Å²) in [6.07, 6.45) is 10.6. The van der Waals surface area contributed by atoms with E-state index in [1.54, 1.807) is 0 Å². The second-order valence-corrected chi connectivity index (χ2v) is 6.85. The van der Waals surface area contributed by atoms with E-state index in [-0.39, 0.29) is 0 Å². The quantitative estimate of drug-likeness (QED) is 0.298. The molecule has 1 aromatic rings. The molecule has 1 nitrogen and oxygen atoms in total. The van der Waals surface area contributed by atoms with E-state index >= 15 is 0 Å². The van der Waals surface area contributed by atoms with Crippen LogP contribution in [0.2, 0.25) is 0 Å². The summed E-state index contributed by atoms with van der Waals surface area (Å²) in [5.41, 5.74) is 2.22. The average Bonchev–Trinajstić information content (AvgIpc) is 2.46. The largest absolute Gasteiger partial charge is 0.493 e. The molecular weight excluding hydrogens is 348 g/mol. The molecule has 0 spiro atoms. The van der Waals surface area contributed by atoms with Crippen molar-refractivity contribution in [2.45, 2.75) is 71.1 Å². The van der Waals surface area contributed by atoms with E-state index in [0.29, 0.717) is 5.88 Å². The van der Waals surface area contributed by atoms with Gasteiger partial charge in [0.05, 0.1) is 12.5 Å². The fraction of sp³-hybridized carbons (Fsp3) is 0.667. The van der Waals surface area contributed by atoms with Crippen molar-refractivity contribution >= 4 is 27.5 Å². The third-order valence-electron chi connectivity index (χ3n) is 3.70. The van der Waals surface area contributed by atoms with E-state index in [1.165, 1.54) is 44.9 Å². The van der Waals surface area contributed by atoms with Crippen LogP contribution in [0, 0.1) is 6.92 Å². The predicted octanol–water partition coefficient (Wildman–Crippen LogP) is 7.02. The van der Waals surface area contributed by atoms with Crippen LogP contribution in [0.15, 0.2) is 16.6 Å². The van der Waals surface area contributed by atoms with Gasteiger partial charge in [-0.15, -0.1) is 11.6 Å². The smallest absolute Gasteiger partial charge is 0.126 e. The van der Waals surface area contributed by atoms with Crippen molar-refractivity contribution in [2.75, 3.05) is 6.61 Å². The molecule has 0 aliphatic carbocycles. The summed E-state index contributed by atoms with van der Waals surface area (Å²) in [4.78, 5) is 0. The van der Waals surface area contributed by atoms with Gasteiger partial charge >= 0.3 is 0 Å². The molecular formula is C18H28BrClO. The minimum atomic E-state index is 0.493. The van der Waals surface area contributed by atoms with Crippen molar-refractivity contribution in [3.8, 4) is 5.75 Å². The number of rotatable bonds is 11. The highest BCUT2D eigenvalue weighted by Gasteiger charge is 2.08. The van der Waals surface area contributed by atoms with Gasteiger partial charge in [0.25, 0.3) is 0 Å². The minimum Gasteiger partial charge on any atom is -0.493 e. The highest BCUT2D eigenvalue weighted by atomic mass is 79.9. The SMILES string of the molecule is CCCCCCCCCCOc1c(C)cc(Br)cc1CCl. The molecule has 1 aromatic carbocycles. The number of ether oxygens (including phenoxy) is 1. The molecule has 3 heteroatoms. The number of hydrogen-bond acceptors (Lipinski definition) is 1. The summed E-state index contributed by atoms with van der Waals surface area (Å²) in [5.74, 6) is 1.46. The lowest BCUT2D eigenvalue weighted by Crippen LogP contribution is -2.01. The summed E-state index contributed by atoms with van der Waals surface area (Å²) in [6, 6.07) is 4.13. The van der Waals surface area contributed by atoms with Gasteiger partial charge in [0, 0.05) is 10.0 Å². The normalized spacial score (nSPS) is 10.9. The van der Waals surface area contributed by atoms with Gasteiger partial charge in [-0.3, -0.25) is 0 Å². The van der Waals surface area contributed by atoms with Crippen LogP contribution >= 0.6 is 27.5 Å². The minimum absolute atomic E-state index is 0.493. The molecule has 120 valence electrons. The van der Waals surface area contributed by atoms with Gasteiger partial charge in [0.2, 0.25) is 0 Å². The first-order valence-electron chi connectivity index (χ1n) is 8.16. The number of hydrogen-bond donors (Lipinski definition) is 0. The van der Waals surface area contributed by atoms with Crippen LogP contribution in [0.3, 0.4) is 0 Å². The molecule has 0 heterocycles. The lowest BCUT2D eigenvalue weighted by atomic mass is 10.1. The molecule has 1 rings (SSSR count). The van der Waals surface area contributed by atoms with Crippen LogP contribution in [0.4, 0.5) is 0 Å². The summed E-state index contributed by atoms with van der Waals surface area (Å²) in [5, 5.41) is 0. The van der Waals surface area contributed by atoms with Gasteiger partial charge < -0.3 is 4.74 Å². The number of alkyl halides is 1. The number of aryl methyl sites for hydroxylation is 1. The van der Waals surface area contributed by atoms with Crippen molar-refractivity contribution in [1.82, 2.24) is 0 Å². The zero-order valence-electron chi connectivity index (χ0n) is 13.4. The molecule has 0 amide bonds. The molecule has 0 aromatic heterocycles. The Morgan fingerprint density at radius 3 is 2.24 bits per heavy atom. The molecule has 0 aliphatic heterocycles.